The van der Waals surface area contributed by atoms with E-state index >= 15 is 0 Å². The topological polar surface area (TPSA) is 101 Å². The van der Waals surface area contributed by atoms with E-state index in [0.29, 0.717) is 11.2 Å². The number of aromatic nitrogens is 2. The normalized spacial score (nSPS) is 12.3. The molecule has 1 atom stereocenters. The Bertz CT molecular complexity index is 701. The number of H-pyrrole nitrogens is 1. The number of rotatable bonds is 5. The molecular weight excluding hydrogens is 280 g/mol. The van der Waals surface area contributed by atoms with Gasteiger partial charge in [0.25, 0.3) is 11.2 Å². The van der Waals surface area contributed by atoms with Gasteiger partial charge in [0.2, 0.25) is 0 Å². The molecule has 0 aliphatic carbocycles. The Balaban J connectivity index is 2.54. The predicted molar refractivity (Wildman–Crippen MR) is 80.5 cm³/mol. The second-order valence-electron chi connectivity index (χ2n) is 4.38. The van der Waals surface area contributed by atoms with E-state index in [1.165, 1.54) is 12.4 Å². The van der Waals surface area contributed by atoms with Crippen LogP contribution in [-0.2, 0) is 0 Å². The van der Waals surface area contributed by atoms with Crippen LogP contribution in [-0.4, -0.2) is 32.9 Å². The molecule has 8 heteroatoms. The fraction of sp³-hybridized carbons (Fsp3) is 0.333. The lowest BCUT2D eigenvalue weighted by molar-refractivity contribution is -0.383. The molecule has 0 amide bonds. The lowest BCUT2D eigenvalue weighted by Gasteiger charge is -2.14. The quantitative estimate of drug-likeness (QED) is 0.646. The molecule has 1 aromatic carbocycles. The van der Waals surface area contributed by atoms with E-state index in [0.717, 1.165) is 5.75 Å². The van der Waals surface area contributed by atoms with Crippen molar-refractivity contribution >= 4 is 34.0 Å². The van der Waals surface area contributed by atoms with Crippen LogP contribution in [0.4, 0.5) is 11.4 Å². The molecule has 20 heavy (non-hydrogen) atoms. The van der Waals surface area contributed by atoms with Crippen LogP contribution in [0.15, 0.2) is 23.3 Å². The molecule has 0 bridgehead atoms. The Morgan fingerprint density at radius 1 is 1.55 bits per heavy atom. The van der Waals surface area contributed by atoms with Gasteiger partial charge in [-0.15, -0.1) is 0 Å². The Labute approximate surface area is 118 Å². The molecule has 0 aliphatic rings. The number of nitrogens with zero attached hydrogens (tertiary/aromatic N) is 2. The van der Waals surface area contributed by atoms with Crippen molar-refractivity contribution in [3.8, 4) is 0 Å². The number of hydrogen-bond donors (Lipinski definition) is 2. The molecule has 0 aliphatic heterocycles. The Kier molecular flexibility index (Phi) is 4.23. The van der Waals surface area contributed by atoms with Gasteiger partial charge in [-0.3, -0.25) is 14.9 Å². The Morgan fingerprint density at radius 2 is 2.30 bits per heavy atom. The van der Waals surface area contributed by atoms with Crippen molar-refractivity contribution < 1.29 is 4.92 Å². The van der Waals surface area contributed by atoms with Crippen LogP contribution in [0.5, 0.6) is 0 Å². The number of hydrogen-bond acceptors (Lipinski definition) is 6. The summed E-state index contributed by atoms with van der Waals surface area (Å²) >= 11 is 1.65. The van der Waals surface area contributed by atoms with Gasteiger partial charge in [-0.25, -0.2) is 4.98 Å². The summed E-state index contributed by atoms with van der Waals surface area (Å²) in [6.07, 6.45) is 3.25. The van der Waals surface area contributed by atoms with E-state index in [1.54, 1.807) is 17.8 Å². The second kappa shape index (κ2) is 5.91. The minimum Gasteiger partial charge on any atom is -0.376 e. The molecule has 1 aromatic heterocycles. The number of fused-ring (bicyclic) bond motifs is 1. The third-order valence-electron chi connectivity index (χ3n) is 2.77. The SMILES string of the molecule is CSCC(C)Nc1cc2nc[nH]c(=O)c2cc1[N+](=O)[O-]. The largest absolute Gasteiger partial charge is 0.376 e. The van der Waals surface area contributed by atoms with Gasteiger partial charge in [-0.1, -0.05) is 0 Å². The summed E-state index contributed by atoms with van der Waals surface area (Å²) in [6, 6.07) is 2.87. The lowest BCUT2D eigenvalue weighted by atomic mass is 10.2. The maximum Gasteiger partial charge on any atom is 0.293 e. The Hall–Kier alpha value is -2.09. The standard InChI is InChI=1S/C12H14N4O3S/c1-7(5-20-2)15-10-4-9-8(3-11(10)16(18)19)12(17)14-6-13-9/h3-4,6-7,15H,5H2,1-2H3,(H,13,14,17). The highest BCUT2D eigenvalue weighted by Gasteiger charge is 2.18. The minimum absolute atomic E-state index is 0.0724. The van der Waals surface area contributed by atoms with Crippen molar-refractivity contribution in [2.45, 2.75) is 13.0 Å². The monoisotopic (exact) mass is 294 g/mol. The summed E-state index contributed by atoms with van der Waals surface area (Å²) < 4.78 is 0. The van der Waals surface area contributed by atoms with Crippen molar-refractivity contribution in [1.29, 1.82) is 0 Å². The van der Waals surface area contributed by atoms with E-state index in [2.05, 4.69) is 15.3 Å². The van der Waals surface area contributed by atoms with Crippen LogP contribution < -0.4 is 10.9 Å². The van der Waals surface area contributed by atoms with Crippen LogP contribution in [0.2, 0.25) is 0 Å². The second-order valence-corrected chi connectivity index (χ2v) is 5.29. The third-order valence-corrected chi connectivity index (χ3v) is 3.61. The molecule has 106 valence electrons. The fourth-order valence-corrected chi connectivity index (χ4v) is 2.51. The summed E-state index contributed by atoms with van der Waals surface area (Å²) in [5.74, 6) is 0.817. The lowest BCUT2D eigenvalue weighted by Crippen LogP contribution is -2.19. The van der Waals surface area contributed by atoms with Crippen LogP contribution in [0.25, 0.3) is 10.9 Å². The van der Waals surface area contributed by atoms with Gasteiger partial charge in [-0.05, 0) is 19.2 Å². The summed E-state index contributed by atoms with van der Waals surface area (Å²) in [4.78, 5) is 28.7. The van der Waals surface area contributed by atoms with Crippen molar-refractivity contribution in [2.75, 3.05) is 17.3 Å². The van der Waals surface area contributed by atoms with Crippen molar-refractivity contribution in [3.05, 3.63) is 38.9 Å². The first-order valence-electron chi connectivity index (χ1n) is 5.94. The van der Waals surface area contributed by atoms with Gasteiger partial charge in [0.1, 0.15) is 5.69 Å². The molecule has 2 aromatic rings. The smallest absolute Gasteiger partial charge is 0.293 e. The number of anilines is 1. The molecule has 0 saturated carbocycles. The average molecular weight is 294 g/mol. The van der Waals surface area contributed by atoms with Crippen molar-refractivity contribution in [3.63, 3.8) is 0 Å². The molecule has 2 N–H and O–H groups in total. The number of nitro groups is 1. The molecule has 0 radical (unpaired) electrons. The molecule has 0 saturated heterocycles. The highest BCUT2D eigenvalue weighted by atomic mass is 32.2. The first-order chi connectivity index (χ1) is 9.52. The third kappa shape index (κ3) is 2.90. The highest BCUT2D eigenvalue weighted by molar-refractivity contribution is 7.98. The molecular formula is C12H14N4O3S. The average Bonchev–Trinajstić information content (AvgIpc) is 2.38. The fourth-order valence-electron chi connectivity index (χ4n) is 1.93. The maximum atomic E-state index is 11.6. The van der Waals surface area contributed by atoms with E-state index < -0.39 is 4.92 Å². The molecule has 0 fully saturated rings. The Morgan fingerprint density at radius 3 is 2.95 bits per heavy atom. The molecule has 0 spiro atoms. The zero-order chi connectivity index (χ0) is 14.7. The van der Waals surface area contributed by atoms with Gasteiger partial charge < -0.3 is 10.3 Å². The summed E-state index contributed by atoms with van der Waals surface area (Å²) in [7, 11) is 0. The van der Waals surface area contributed by atoms with E-state index in [-0.39, 0.29) is 22.7 Å². The number of nitro benzene ring substituents is 1. The van der Waals surface area contributed by atoms with Gasteiger partial charge in [0, 0.05) is 17.9 Å². The van der Waals surface area contributed by atoms with Crippen LogP contribution in [0.3, 0.4) is 0 Å². The maximum absolute atomic E-state index is 11.6. The zero-order valence-electron chi connectivity index (χ0n) is 11.0. The van der Waals surface area contributed by atoms with Crippen molar-refractivity contribution in [2.24, 2.45) is 0 Å². The highest BCUT2D eigenvalue weighted by Crippen LogP contribution is 2.28. The number of aromatic amines is 1. The van der Waals surface area contributed by atoms with Gasteiger partial charge >= 0.3 is 0 Å². The molecule has 1 heterocycles. The molecule has 7 nitrogen and oxygen atoms in total. The van der Waals surface area contributed by atoms with Crippen molar-refractivity contribution in [1.82, 2.24) is 9.97 Å². The number of nitrogens with one attached hydrogen (secondary N) is 2. The number of benzene rings is 1. The zero-order valence-corrected chi connectivity index (χ0v) is 11.9. The van der Waals surface area contributed by atoms with Gasteiger partial charge in [0.15, 0.2) is 0 Å². The van der Waals surface area contributed by atoms with E-state index in [4.69, 9.17) is 0 Å². The van der Waals surface area contributed by atoms with Crippen LogP contribution >= 0.6 is 11.8 Å². The predicted octanol–water partition coefficient (Wildman–Crippen LogP) is 1.99. The summed E-state index contributed by atoms with van der Waals surface area (Å²) in [6.45, 7) is 1.94. The summed E-state index contributed by atoms with van der Waals surface area (Å²) in [5, 5.41) is 14.4. The summed E-state index contributed by atoms with van der Waals surface area (Å²) in [5.41, 5.74) is 0.297. The number of thioether (sulfide) groups is 1. The van der Waals surface area contributed by atoms with Crippen LogP contribution in [0, 0.1) is 10.1 Å². The first-order valence-corrected chi connectivity index (χ1v) is 7.33. The minimum atomic E-state index is -0.500. The van der Waals surface area contributed by atoms with E-state index in [9.17, 15) is 14.9 Å². The molecule has 1 unspecified atom stereocenters. The van der Waals surface area contributed by atoms with Crippen LogP contribution in [0.1, 0.15) is 6.92 Å². The first kappa shape index (κ1) is 14.3. The van der Waals surface area contributed by atoms with Gasteiger partial charge in [0.05, 0.1) is 22.2 Å². The molecule has 2 rings (SSSR count). The van der Waals surface area contributed by atoms with E-state index in [1.807, 2.05) is 13.2 Å². The van der Waals surface area contributed by atoms with Gasteiger partial charge in [-0.2, -0.15) is 11.8 Å².